The summed E-state index contributed by atoms with van der Waals surface area (Å²) in [5.41, 5.74) is 0.0843. The Morgan fingerprint density at radius 2 is 1.52 bits per heavy atom. The number of aliphatic hydroxyl groups is 1. The van der Waals surface area contributed by atoms with E-state index in [0.29, 0.717) is 12.7 Å². The molecule has 1 unspecified atom stereocenters. The van der Waals surface area contributed by atoms with Gasteiger partial charge in [-0.15, -0.1) is 0 Å². The Morgan fingerprint density at radius 3 is 1.88 bits per heavy atom. The maximum Gasteiger partial charge on any atom is 0.460 e. The summed E-state index contributed by atoms with van der Waals surface area (Å²) in [6, 6.07) is 0. The number of nitrogens with two attached hydrogens (primary N) is 1. The third kappa shape index (κ3) is 3.36. The minimum Gasteiger partial charge on any atom is -0.381 e. The Kier molecular flexibility index (Phi) is 5.06. The Hall–Kier alpha value is -2.06. The Bertz CT molecular complexity index is 616. The van der Waals surface area contributed by atoms with Gasteiger partial charge in [-0.3, -0.25) is 4.79 Å². The van der Waals surface area contributed by atoms with E-state index in [1.165, 1.54) is 0 Å². The van der Waals surface area contributed by atoms with Crippen LogP contribution in [-0.4, -0.2) is 55.3 Å². The zero-order chi connectivity index (χ0) is 19.9. The zero-order valence-electron chi connectivity index (χ0n) is 11.7. The molecule has 0 aliphatic rings. The first kappa shape index (κ1) is 21.0. The van der Waals surface area contributed by atoms with Gasteiger partial charge in [-0.1, -0.05) is 0 Å². The predicted octanol–water partition coefficient (Wildman–Crippen LogP) is 1.35. The highest BCUT2D eigenvalue weighted by Gasteiger charge is 2.85. The lowest BCUT2D eigenvalue weighted by atomic mass is 9.84. The number of aromatic nitrogens is 3. The van der Waals surface area contributed by atoms with E-state index in [2.05, 4.69) is 15.8 Å². The van der Waals surface area contributed by atoms with Gasteiger partial charge in [0.1, 0.15) is 12.7 Å². The van der Waals surface area contributed by atoms with E-state index in [1.54, 1.807) is 0 Å². The van der Waals surface area contributed by atoms with Crippen molar-refractivity contribution in [2.75, 3.05) is 0 Å². The van der Waals surface area contributed by atoms with Gasteiger partial charge in [0.25, 0.3) is 0 Å². The first-order valence-electron chi connectivity index (χ1n) is 6.03. The normalized spacial score (nSPS) is 16.6. The van der Waals surface area contributed by atoms with Gasteiger partial charge in [0.2, 0.25) is 5.91 Å². The molecule has 15 heteroatoms. The van der Waals surface area contributed by atoms with E-state index in [1.807, 2.05) is 0 Å². The molecule has 3 N–H and O–H groups in total. The van der Waals surface area contributed by atoms with Gasteiger partial charge in [-0.2, -0.15) is 44.6 Å². The first-order valence-corrected chi connectivity index (χ1v) is 6.03. The molecule has 0 aliphatic carbocycles. The van der Waals surface area contributed by atoms with Crippen LogP contribution in [-0.2, 0) is 11.3 Å². The average molecular weight is 388 g/mol. The van der Waals surface area contributed by atoms with Crippen LogP contribution in [0.25, 0.3) is 0 Å². The van der Waals surface area contributed by atoms with Crippen LogP contribution >= 0.6 is 0 Å². The van der Waals surface area contributed by atoms with E-state index < -0.39 is 48.4 Å². The van der Waals surface area contributed by atoms with Crippen LogP contribution in [0, 0.1) is 0 Å². The van der Waals surface area contributed by atoms with Crippen molar-refractivity contribution in [3.63, 3.8) is 0 Å². The van der Waals surface area contributed by atoms with Crippen molar-refractivity contribution in [2.45, 2.75) is 42.5 Å². The van der Waals surface area contributed by atoms with Crippen molar-refractivity contribution in [3.8, 4) is 0 Å². The Morgan fingerprint density at radius 1 is 1.00 bits per heavy atom. The van der Waals surface area contributed by atoms with Gasteiger partial charge in [0.05, 0.1) is 13.0 Å². The van der Waals surface area contributed by atoms with E-state index in [9.17, 15) is 49.4 Å². The number of nitrogens with zero attached hydrogens (tertiary/aromatic N) is 3. The molecule has 1 heterocycles. The van der Waals surface area contributed by atoms with Crippen molar-refractivity contribution in [2.24, 2.45) is 5.73 Å². The Labute approximate surface area is 132 Å². The van der Waals surface area contributed by atoms with Crippen LogP contribution in [0.15, 0.2) is 12.7 Å². The van der Waals surface area contributed by atoms with Gasteiger partial charge in [-0.05, 0) is 0 Å². The summed E-state index contributed by atoms with van der Waals surface area (Å²) >= 11 is 0. The number of amides is 1. The summed E-state index contributed by atoms with van der Waals surface area (Å²) in [6.07, 6.45) is -7.92. The van der Waals surface area contributed by atoms with E-state index >= 15 is 0 Å². The molecule has 6 nitrogen and oxygen atoms in total. The largest absolute Gasteiger partial charge is 0.460 e. The van der Waals surface area contributed by atoms with Crippen LogP contribution < -0.4 is 5.73 Å². The molecule has 1 atom stereocenters. The summed E-state index contributed by atoms with van der Waals surface area (Å²) in [6.45, 7) is -1.77. The summed E-state index contributed by atoms with van der Waals surface area (Å²) in [7, 11) is 0. The van der Waals surface area contributed by atoms with E-state index in [-0.39, 0.29) is 4.68 Å². The van der Waals surface area contributed by atoms with Crippen LogP contribution in [0.1, 0.15) is 6.42 Å². The summed E-state index contributed by atoms with van der Waals surface area (Å²) in [5.74, 6) is -22.7. The number of hydrogen-bond acceptors (Lipinski definition) is 4. The molecule has 0 bridgehead atoms. The standard InChI is InChI=1S/C10H9F9N4O2/c11-7(12,8(13,14)9(15,16)10(17,18)19)6(25,1-5(20)24)2-23-4-21-3-22-23/h3-4,25H,1-2H2,(H2,20,24). The number of hydrogen-bond donors (Lipinski definition) is 2. The molecule has 1 aromatic heterocycles. The molecule has 0 saturated carbocycles. The SMILES string of the molecule is NC(=O)CC(O)(Cn1cncn1)C(F)(F)C(F)(F)C(F)(F)C(F)(F)F. The molecule has 25 heavy (non-hydrogen) atoms. The summed E-state index contributed by atoms with van der Waals surface area (Å²) in [5, 5.41) is 12.8. The maximum absolute atomic E-state index is 14.0. The molecule has 0 spiro atoms. The predicted molar refractivity (Wildman–Crippen MR) is 59.7 cm³/mol. The van der Waals surface area contributed by atoms with Crippen molar-refractivity contribution < 1.29 is 49.4 Å². The average Bonchev–Trinajstić information content (AvgIpc) is 2.88. The second-order valence-electron chi connectivity index (χ2n) is 4.99. The fraction of sp³-hybridized carbons (Fsp3) is 0.700. The molecular formula is C10H9F9N4O2. The van der Waals surface area contributed by atoms with Crippen LogP contribution in [0.2, 0.25) is 0 Å². The van der Waals surface area contributed by atoms with E-state index in [4.69, 9.17) is 0 Å². The van der Waals surface area contributed by atoms with Crippen molar-refractivity contribution in [3.05, 3.63) is 12.7 Å². The molecule has 1 rings (SSSR count). The van der Waals surface area contributed by atoms with Gasteiger partial charge in [-0.25, -0.2) is 9.67 Å². The molecule has 0 aromatic carbocycles. The molecule has 1 amide bonds. The lowest BCUT2D eigenvalue weighted by Gasteiger charge is -2.41. The van der Waals surface area contributed by atoms with Crippen LogP contribution in [0.4, 0.5) is 39.5 Å². The molecule has 144 valence electrons. The molecule has 0 saturated heterocycles. The Balaban J connectivity index is 3.46. The van der Waals surface area contributed by atoms with Crippen molar-refractivity contribution in [1.82, 2.24) is 14.8 Å². The second-order valence-corrected chi connectivity index (χ2v) is 4.99. The lowest BCUT2D eigenvalue weighted by Crippen LogP contribution is -2.70. The minimum absolute atomic E-state index is 0.221. The highest BCUT2D eigenvalue weighted by molar-refractivity contribution is 5.75. The molecular weight excluding hydrogens is 379 g/mol. The smallest absolute Gasteiger partial charge is 0.381 e. The molecule has 1 aromatic rings. The fourth-order valence-corrected chi connectivity index (χ4v) is 1.80. The number of alkyl halides is 9. The van der Waals surface area contributed by atoms with Gasteiger partial charge >= 0.3 is 23.9 Å². The summed E-state index contributed by atoms with van der Waals surface area (Å²) in [4.78, 5) is 14.0. The monoisotopic (exact) mass is 388 g/mol. The maximum atomic E-state index is 14.0. The molecule has 0 aliphatic heterocycles. The molecule has 0 fully saturated rings. The van der Waals surface area contributed by atoms with Gasteiger partial charge in [0, 0.05) is 0 Å². The molecule has 0 radical (unpaired) electrons. The van der Waals surface area contributed by atoms with Gasteiger partial charge < -0.3 is 10.8 Å². The van der Waals surface area contributed by atoms with Crippen LogP contribution in [0.5, 0.6) is 0 Å². The minimum atomic E-state index is -7.22. The third-order valence-corrected chi connectivity index (χ3v) is 3.09. The summed E-state index contributed by atoms with van der Waals surface area (Å²) < 4.78 is 117. The number of carbonyl (C=O) groups excluding carboxylic acids is 1. The van der Waals surface area contributed by atoms with Gasteiger partial charge in [0.15, 0.2) is 5.60 Å². The number of rotatable bonds is 7. The first-order chi connectivity index (χ1) is 11.0. The van der Waals surface area contributed by atoms with Crippen molar-refractivity contribution in [1.29, 1.82) is 0 Å². The quantitative estimate of drug-likeness (QED) is 0.690. The third-order valence-electron chi connectivity index (χ3n) is 3.09. The topological polar surface area (TPSA) is 94.0 Å². The van der Waals surface area contributed by atoms with Crippen LogP contribution in [0.3, 0.4) is 0 Å². The lowest BCUT2D eigenvalue weighted by molar-refractivity contribution is -0.417. The van der Waals surface area contributed by atoms with Crippen molar-refractivity contribution >= 4 is 5.91 Å². The highest BCUT2D eigenvalue weighted by Crippen LogP contribution is 2.56. The zero-order valence-corrected chi connectivity index (χ0v) is 11.7. The highest BCUT2D eigenvalue weighted by atomic mass is 19.4. The van der Waals surface area contributed by atoms with E-state index in [0.717, 1.165) is 0 Å². The fourth-order valence-electron chi connectivity index (χ4n) is 1.80. The number of carbonyl (C=O) groups is 1. The number of primary amides is 1. The second kappa shape index (κ2) is 6.03. The number of halogens is 9.